The molecule has 14 nitrogen and oxygen atoms in total. The van der Waals surface area contributed by atoms with Gasteiger partial charge in [0.1, 0.15) is 17.7 Å². The van der Waals surface area contributed by atoms with Crippen molar-refractivity contribution < 1.29 is 39.2 Å². The average Bonchev–Trinajstić information content (AvgIpc) is 1.47. The van der Waals surface area contributed by atoms with Crippen molar-refractivity contribution in [3.8, 4) is 5.75 Å². The van der Waals surface area contributed by atoms with Crippen LogP contribution in [0.4, 0.5) is 0 Å². The number of rotatable bonds is 10. The lowest BCUT2D eigenvalue weighted by Crippen LogP contribution is -2.68. The van der Waals surface area contributed by atoms with Gasteiger partial charge in [-0.25, -0.2) is 4.79 Å². The number of dihydropyridines is 2. The molecule has 14 heteroatoms. The summed E-state index contributed by atoms with van der Waals surface area (Å²) in [5, 5.41) is 54.4. The number of phenolic OH excluding ortho intramolecular Hbond substituents is 1. The highest BCUT2D eigenvalue weighted by molar-refractivity contribution is 6.33. The van der Waals surface area contributed by atoms with Crippen molar-refractivity contribution in [3.63, 3.8) is 0 Å². The summed E-state index contributed by atoms with van der Waals surface area (Å²) in [7, 11) is 1.96. The number of allylic oxidation sites excluding steroid dienone is 8. The van der Waals surface area contributed by atoms with Crippen molar-refractivity contribution in [1.29, 1.82) is 0 Å². The SMILES string of the molecule is CCNC12C=C3C=CCC4CCCCC5(C)CC6=CNC(N)C(=C6)C(c6cccc(O)c6)CC6C(C1)C(CC(O)C61CCCC1)C(OC(=O)C16OC1(CC(CO)=C(C)CCC1=CCNC7=C1CCC(NC)N7)C(=O)c1cccc(c1C6=O)C5)C2CC34. The van der Waals surface area contributed by atoms with E-state index in [1.807, 2.05) is 38.2 Å². The maximum Gasteiger partial charge on any atom is 0.350 e. The molecule has 2 aromatic carbocycles. The Labute approximate surface area is 508 Å². The molecule has 6 heterocycles. The van der Waals surface area contributed by atoms with Crippen LogP contribution < -0.4 is 32.3 Å². The number of hydrogen-bond acceptors (Lipinski definition) is 14. The molecule has 10 N–H and O–H groups in total. The molecule has 0 radical (unpaired) electrons. The van der Waals surface area contributed by atoms with E-state index in [4.69, 9.17) is 15.2 Å². The third-order valence-electron chi connectivity index (χ3n) is 24.3. The summed E-state index contributed by atoms with van der Waals surface area (Å²) < 4.78 is 14.5. The Morgan fingerprint density at radius 3 is 2.58 bits per heavy atom. The van der Waals surface area contributed by atoms with Gasteiger partial charge >= 0.3 is 5.97 Å². The van der Waals surface area contributed by atoms with Gasteiger partial charge < -0.3 is 57.1 Å². The van der Waals surface area contributed by atoms with Gasteiger partial charge in [-0.3, -0.25) is 9.59 Å². The molecule has 0 amide bonds. The minimum absolute atomic E-state index is 0.0742. The first-order valence-corrected chi connectivity index (χ1v) is 33.1. The number of carbonyl (C=O) groups is 3. The summed E-state index contributed by atoms with van der Waals surface area (Å²) in [5.41, 5.74) is 11.1. The van der Waals surface area contributed by atoms with E-state index in [2.05, 4.69) is 83.1 Å². The smallest absolute Gasteiger partial charge is 0.350 e. The molecule has 14 rings (SSSR count). The molecule has 15 atom stereocenters. The Balaban J connectivity index is 0.956. The number of ether oxygens (including phenoxy) is 2. The summed E-state index contributed by atoms with van der Waals surface area (Å²) in [4.78, 5) is 49.4. The Bertz CT molecular complexity index is 3330. The first kappa shape index (κ1) is 58.1. The highest BCUT2D eigenvalue weighted by Gasteiger charge is 2.86. The number of aromatic hydroxyl groups is 1. The molecule has 3 saturated carbocycles. The number of ketones is 2. The van der Waals surface area contributed by atoms with Gasteiger partial charge in [-0.05, 0) is 208 Å². The summed E-state index contributed by atoms with van der Waals surface area (Å²) in [6.45, 7) is 7.46. The van der Waals surface area contributed by atoms with Crippen LogP contribution in [0.5, 0.6) is 5.75 Å². The first-order valence-electron chi connectivity index (χ1n) is 33.1. The van der Waals surface area contributed by atoms with Crippen LogP contribution in [0.25, 0.3) is 0 Å². The fourth-order valence-electron chi connectivity index (χ4n) is 20.1. The summed E-state index contributed by atoms with van der Waals surface area (Å²) in [6, 6.07) is 13.3. The molecular weight excluding hydrogens is 1080 g/mol. The number of epoxide rings is 1. The summed E-state index contributed by atoms with van der Waals surface area (Å²) >= 11 is 0. The number of fused-ring (bicyclic) bond motifs is 4. The highest BCUT2D eigenvalue weighted by Crippen LogP contribution is 2.67. The van der Waals surface area contributed by atoms with Crippen molar-refractivity contribution in [3.05, 3.63) is 146 Å². The fraction of sp³-hybridized carbons (Fsp3) is 0.597. The van der Waals surface area contributed by atoms with E-state index < -0.39 is 63.5 Å². The number of hydrogen-bond donors (Lipinski definition) is 9. The van der Waals surface area contributed by atoms with E-state index in [0.29, 0.717) is 68.7 Å². The van der Waals surface area contributed by atoms with E-state index in [1.54, 1.807) is 12.1 Å². The topological polar surface area (TPSA) is 220 Å². The van der Waals surface area contributed by atoms with Crippen LogP contribution in [-0.2, 0) is 20.7 Å². The van der Waals surface area contributed by atoms with E-state index in [9.17, 15) is 15.3 Å². The van der Waals surface area contributed by atoms with Crippen molar-refractivity contribution >= 4 is 17.5 Å². The predicted octanol–water partition coefficient (Wildman–Crippen LogP) is 9.80. The largest absolute Gasteiger partial charge is 0.508 e. The molecule has 4 fully saturated rings. The third-order valence-corrected chi connectivity index (χ3v) is 24.3. The van der Waals surface area contributed by atoms with E-state index in [1.165, 1.54) is 16.7 Å². The molecule has 86 heavy (non-hydrogen) atoms. The molecule has 15 unspecified atom stereocenters. The Kier molecular flexibility index (Phi) is 15.0. The minimum Gasteiger partial charge on any atom is -0.508 e. The molecule has 12 aliphatic rings. The summed E-state index contributed by atoms with van der Waals surface area (Å²) in [5.74, 6) is -0.913. The number of carbonyl (C=O) groups excluding carboxylic acids is 3. The second-order valence-corrected chi connectivity index (χ2v) is 28.9. The number of aliphatic hydroxyl groups is 2. The lowest BCUT2D eigenvalue weighted by atomic mass is 9.45. The molecule has 0 aromatic heterocycles. The number of nitrogens with one attached hydrogen (secondary N) is 5. The molecule has 1 saturated heterocycles. The first-order chi connectivity index (χ1) is 41.6. The standard InChI is InChI=1S/C72H92N6O8/c1-5-77-70-36-46-16-10-14-43-13-6-7-25-68(3)34-42-29-55(65(73)76-39-42)53(45-15-11-18-49(80)30-45)32-57-56(38-70)54(33-59(81)69(57)26-8-9-27-69)62(58(70)31-52(43)46)85-67(84)72-64(83)61-47(35-68)17-12-19-51(61)63(82)71(72,86-72)37-48(40-79)41(2)20-21-44-24-28-75-66-50(44)22-23-60(74-4)78-66/h10-12,15-19,24,29-30,36,39,43,52-54,56-60,62,65,74-81H,5-9,13-14,20-23,25-28,31-35,37-38,40,73H2,1-4H3. The number of Topliss-reactive ketones (excluding diaryl/α,β-unsaturated/α-hetero) is 2. The monoisotopic (exact) mass is 1170 g/mol. The summed E-state index contributed by atoms with van der Waals surface area (Å²) in [6.07, 6.45) is 27.4. The molecule has 6 aliphatic heterocycles. The zero-order valence-corrected chi connectivity index (χ0v) is 51.1. The molecule has 6 aliphatic carbocycles. The highest BCUT2D eigenvalue weighted by atomic mass is 16.7. The fourth-order valence-corrected chi connectivity index (χ4v) is 20.1. The van der Waals surface area contributed by atoms with Crippen molar-refractivity contribution in [2.45, 2.75) is 196 Å². The Morgan fingerprint density at radius 2 is 1.78 bits per heavy atom. The zero-order chi connectivity index (χ0) is 59.5. The third kappa shape index (κ3) is 9.32. The number of esters is 1. The Hall–Kier alpha value is -5.61. The molecule has 2 aromatic rings. The van der Waals surface area contributed by atoms with Crippen molar-refractivity contribution in [2.75, 3.05) is 26.7 Å². The maximum atomic E-state index is 16.7. The minimum atomic E-state index is -2.32. The molecule has 11 bridgehead atoms. The molecule has 458 valence electrons. The van der Waals surface area contributed by atoms with Crippen LogP contribution in [0, 0.1) is 46.3 Å². The van der Waals surface area contributed by atoms with Crippen LogP contribution >= 0.6 is 0 Å². The second-order valence-electron chi connectivity index (χ2n) is 28.9. The van der Waals surface area contributed by atoms with E-state index in [-0.39, 0.29) is 71.6 Å². The normalized spacial score (nSPS) is 38.6. The van der Waals surface area contributed by atoms with E-state index in [0.717, 1.165) is 112 Å². The maximum absolute atomic E-state index is 16.7. The predicted molar refractivity (Wildman–Crippen MR) is 331 cm³/mol. The Morgan fingerprint density at radius 1 is 0.953 bits per heavy atom. The van der Waals surface area contributed by atoms with Gasteiger partial charge in [0.2, 0.25) is 5.78 Å². The average molecular weight is 1170 g/mol. The van der Waals surface area contributed by atoms with Crippen LogP contribution in [-0.4, -0.2) is 101 Å². The number of phenols is 1. The van der Waals surface area contributed by atoms with Crippen LogP contribution in [0.2, 0.25) is 0 Å². The number of aliphatic hydroxyl groups excluding tert-OH is 2. The number of benzene rings is 2. The van der Waals surface area contributed by atoms with Crippen molar-refractivity contribution in [2.24, 2.45) is 52.1 Å². The van der Waals surface area contributed by atoms with Gasteiger partial charge in [-0.15, -0.1) is 0 Å². The quantitative estimate of drug-likeness (QED) is 0.0468. The lowest BCUT2D eigenvalue weighted by molar-refractivity contribution is -0.197. The van der Waals surface area contributed by atoms with Crippen molar-refractivity contribution in [1.82, 2.24) is 26.6 Å². The molecule has 2 spiro atoms. The molecular formula is C72H92N6O8. The van der Waals surface area contributed by atoms with Gasteiger partial charge in [0.05, 0.1) is 25.0 Å². The van der Waals surface area contributed by atoms with Gasteiger partial charge in [0.15, 0.2) is 11.4 Å². The zero-order valence-electron chi connectivity index (χ0n) is 51.1. The second kappa shape index (κ2) is 22.2. The van der Waals surface area contributed by atoms with Gasteiger partial charge in [0.25, 0.3) is 5.60 Å². The van der Waals surface area contributed by atoms with Gasteiger partial charge in [-0.1, -0.05) is 106 Å². The lowest BCUT2D eigenvalue weighted by Gasteiger charge is -2.63. The van der Waals surface area contributed by atoms with E-state index >= 15 is 14.4 Å². The van der Waals surface area contributed by atoms with Gasteiger partial charge in [0, 0.05) is 53.6 Å². The van der Waals surface area contributed by atoms with Crippen LogP contribution in [0.15, 0.2) is 124 Å². The number of likely N-dealkylation sites (N-methyl/N-ethyl adjacent to an activating group) is 1. The van der Waals surface area contributed by atoms with Gasteiger partial charge in [-0.2, -0.15) is 0 Å². The van der Waals surface area contributed by atoms with Crippen LogP contribution in [0.1, 0.15) is 181 Å². The van der Waals surface area contributed by atoms with Crippen LogP contribution in [0.3, 0.4) is 0 Å². The number of nitrogens with two attached hydrogens (primary N) is 1.